The lowest BCUT2D eigenvalue weighted by molar-refractivity contribution is -0.147. The molecule has 2 aliphatic rings. The summed E-state index contributed by atoms with van der Waals surface area (Å²) in [5.41, 5.74) is 2.77. The van der Waals surface area contributed by atoms with Crippen molar-refractivity contribution in [2.45, 2.75) is 63.1 Å². The first-order valence-corrected chi connectivity index (χ1v) is 16.2. The lowest BCUT2D eigenvalue weighted by Crippen LogP contribution is -2.58. The summed E-state index contributed by atoms with van der Waals surface area (Å²) in [5, 5.41) is 14.3. The first-order valence-electron chi connectivity index (χ1n) is 13.0. The lowest BCUT2D eigenvalue weighted by Gasteiger charge is -2.33. The number of carbonyl (C=O) groups excluding carboxylic acids is 2. The van der Waals surface area contributed by atoms with Crippen LogP contribution in [0, 0.1) is 6.92 Å². The molecule has 3 N–H and O–H groups in total. The van der Waals surface area contributed by atoms with E-state index in [0.29, 0.717) is 6.54 Å². The molecule has 2 aromatic rings. The molecule has 1 fully saturated rings. The zero-order valence-corrected chi connectivity index (χ0v) is 25.9. The summed E-state index contributed by atoms with van der Waals surface area (Å²) in [7, 11) is -4.00. The summed E-state index contributed by atoms with van der Waals surface area (Å²) in [4.78, 5) is 28.7. The third kappa shape index (κ3) is 7.06. The second-order valence-corrected chi connectivity index (χ2v) is 14.9. The van der Waals surface area contributed by atoms with Crippen molar-refractivity contribution in [3.05, 3.63) is 92.8 Å². The van der Waals surface area contributed by atoms with E-state index in [2.05, 4.69) is 26.0 Å². The zero-order valence-electron chi connectivity index (χ0n) is 22.6. The van der Waals surface area contributed by atoms with Crippen molar-refractivity contribution in [3.8, 4) is 0 Å². The van der Waals surface area contributed by atoms with Crippen LogP contribution in [0.5, 0.6) is 0 Å². The number of aliphatic hydroxyl groups is 1. The molecule has 2 amide bonds. The van der Waals surface area contributed by atoms with E-state index in [0.717, 1.165) is 21.2 Å². The van der Waals surface area contributed by atoms with Crippen LogP contribution in [0.15, 0.2) is 76.1 Å². The van der Waals surface area contributed by atoms with Gasteiger partial charge in [0.1, 0.15) is 12.1 Å². The number of benzene rings is 2. The third-order valence-corrected chi connectivity index (χ3v) is 10.7. The fraction of sp³-hybridized carbons (Fsp3) is 0.379. The van der Waals surface area contributed by atoms with Gasteiger partial charge < -0.3 is 15.3 Å². The van der Waals surface area contributed by atoms with Gasteiger partial charge in [0.25, 0.3) is 5.91 Å². The molecule has 214 valence electrons. The van der Waals surface area contributed by atoms with E-state index in [1.807, 2.05) is 75.4 Å². The molecule has 3 atom stereocenters. The molecule has 8 nitrogen and oxygen atoms in total. The Morgan fingerprint density at radius 1 is 1.12 bits per heavy atom. The molecule has 0 spiro atoms. The molecule has 1 aliphatic carbocycles. The van der Waals surface area contributed by atoms with Crippen molar-refractivity contribution in [2.75, 3.05) is 5.88 Å². The summed E-state index contributed by atoms with van der Waals surface area (Å²) in [6, 6.07) is 14.8. The quantitative estimate of drug-likeness (QED) is 0.362. The first kappa shape index (κ1) is 30.5. The second kappa shape index (κ2) is 12.6. The predicted octanol–water partition coefficient (Wildman–Crippen LogP) is 3.75. The monoisotopic (exact) mass is 647 g/mol. The molecule has 40 heavy (non-hydrogen) atoms. The minimum atomic E-state index is -4.00. The van der Waals surface area contributed by atoms with Gasteiger partial charge in [-0.25, -0.2) is 13.1 Å². The second-order valence-electron chi connectivity index (χ2n) is 10.5. The van der Waals surface area contributed by atoms with Gasteiger partial charge in [-0.3, -0.25) is 9.59 Å². The van der Waals surface area contributed by atoms with Crippen LogP contribution in [0.2, 0.25) is 0 Å². The minimum Gasteiger partial charge on any atom is -0.382 e. The Labute approximate surface area is 248 Å². The highest BCUT2D eigenvalue weighted by molar-refractivity contribution is 9.11. The molecule has 4 rings (SSSR count). The maximum atomic E-state index is 13.8. The van der Waals surface area contributed by atoms with Crippen LogP contribution in [0.1, 0.15) is 37.0 Å². The average molecular weight is 649 g/mol. The number of thioether (sulfide) groups is 1. The molecular formula is C29H34BrN3O5S2. The summed E-state index contributed by atoms with van der Waals surface area (Å²) in [5.74, 6) is -0.832. The lowest BCUT2D eigenvalue weighted by atomic mass is 9.97. The molecule has 0 aromatic heterocycles. The van der Waals surface area contributed by atoms with Crippen molar-refractivity contribution < 1.29 is 23.1 Å². The molecule has 11 heteroatoms. The normalized spacial score (nSPS) is 20.0. The Bertz CT molecular complexity index is 1430. The van der Waals surface area contributed by atoms with Crippen LogP contribution < -0.4 is 10.0 Å². The van der Waals surface area contributed by atoms with Gasteiger partial charge in [-0.15, -0.1) is 11.8 Å². The Morgan fingerprint density at radius 2 is 1.80 bits per heavy atom. The van der Waals surface area contributed by atoms with E-state index in [1.54, 1.807) is 6.08 Å². The van der Waals surface area contributed by atoms with Crippen molar-refractivity contribution in [2.24, 2.45) is 0 Å². The SMILES string of the molecule is Cc1ccccc1CNC(=O)[C@H]1N(C(=O)C(O)C(Cc2ccccc2)NS(=O)(=O)C2=CC=C(Br)C2)CSC1(C)C. The van der Waals surface area contributed by atoms with Gasteiger partial charge in [0, 0.05) is 22.2 Å². The molecule has 2 unspecified atom stereocenters. The first-order chi connectivity index (χ1) is 18.9. The molecule has 0 saturated carbocycles. The summed E-state index contributed by atoms with van der Waals surface area (Å²) in [6.45, 7) is 6.05. The number of carbonyl (C=O) groups is 2. The van der Waals surface area contributed by atoms with Crippen molar-refractivity contribution in [1.29, 1.82) is 0 Å². The number of sulfonamides is 1. The van der Waals surface area contributed by atoms with Gasteiger partial charge in [0.2, 0.25) is 15.9 Å². The summed E-state index contributed by atoms with van der Waals surface area (Å²) < 4.78 is 29.1. The van der Waals surface area contributed by atoms with Crippen LogP contribution in [0.3, 0.4) is 0 Å². The molecular weight excluding hydrogens is 614 g/mol. The van der Waals surface area contributed by atoms with Crippen molar-refractivity contribution in [1.82, 2.24) is 14.9 Å². The van der Waals surface area contributed by atoms with Gasteiger partial charge in [0.05, 0.1) is 16.8 Å². The van der Waals surface area contributed by atoms with Crippen LogP contribution in [-0.4, -0.2) is 59.1 Å². The highest BCUT2D eigenvalue weighted by Gasteiger charge is 2.50. The predicted molar refractivity (Wildman–Crippen MR) is 162 cm³/mol. The topological polar surface area (TPSA) is 116 Å². The van der Waals surface area contributed by atoms with Crippen LogP contribution >= 0.6 is 27.7 Å². The van der Waals surface area contributed by atoms with E-state index >= 15 is 0 Å². The van der Waals surface area contributed by atoms with Crippen molar-refractivity contribution in [3.63, 3.8) is 0 Å². The molecule has 0 radical (unpaired) electrons. The fourth-order valence-electron chi connectivity index (χ4n) is 4.86. The summed E-state index contributed by atoms with van der Waals surface area (Å²) in [6.07, 6.45) is 1.72. The molecule has 0 bridgehead atoms. The van der Waals surface area contributed by atoms with E-state index in [-0.39, 0.29) is 29.5 Å². The van der Waals surface area contributed by atoms with Gasteiger partial charge >= 0.3 is 0 Å². The average Bonchev–Trinajstić information content (AvgIpc) is 3.50. The maximum Gasteiger partial charge on any atom is 0.254 e. The van der Waals surface area contributed by atoms with Crippen LogP contribution in [0.4, 0.5) is 0 Å². The number of hydrogen-bond acceptors (Lipinski definition) is 6. The number of rotatable bonds is 10. The maximum absolute atomic E-state index is 13.8. The number of nitrogens with one attached hydrogen (secondary N) is 2. The van der Waals surface area contributed by atoms with Gasteiger partial charge in [-0.1, -0.05) is 76.6 Å². The number of halogens is 1. The van der Waals surface area contributed by atoms with E-state index in [1.165, 1.54) is 22.7 Å². The Morgan fingerprint density at radius 3 is 2.45 bits per heavy atom. The smallest absolute Gasteiger partial charge is 0.254 e. The van der Waals surface area contributed by atoms with Crippen molar-refractivity contribution >= 4 is 49.5 Å². The Hall–Kier alpha value is -2.44. The fourth-order valence-corrected chi connectivity index (χ4v) is 7.97. The van der Waals surface area contributed by atoms with Gasteiger partial charge in [-0.2, -0.15) is 0 Å². The molecule has 1 saturated heterocycles. The number of nitrogens with zero attached hydrogens (tertiary/aromatic N) is 1. The van der Waals surface area contributed by atoms with E-state index < -0.39 is 38.9 Å². The summed E-state index contributed by atoms with van der Waals surface area (Å²) >= 11 is 4.75. The van der Waals surface area contributed by atoms with E-state index in [4.69, 9.17) is 0 Å². The number of aliphatic hydroxyl groups excluding tert-OH is 1. The van der Waals surface area contributed by atoms with Gasteiger partial charge in [-0.05, 0) is 50.0 Å². The minimum absolute atomic E-state index is 0.0867. The molecule has 1 aliphatic heterocycles. The highest BCUT2D eigenvalue weighted by Crippen LogP contribution is 2.40. The molecule has 2 aromatic carbocycles. The number of allylic oxidation sites excluding steroid dienone is 4. The van der Waals surface area contributed by atoms with Gasteiger partial charge in [0.15, 0.2) is 0 Å². The largest absolute Gasteiger partial charge is 0.382 e. The number of hydrogen-bond donors (Lipinski definition) is 3. The molecule has 1 heterocycles. The zero-order chi connectivity index (χ0) is 29.1. The Balaban J connectivity index is 1.55. The van der Waals surface area contributed by atoms with E-state index in [9.17, 15) is 23.1 Å². The third-order valence-electron chi connectivity index (χ3n) is 7.17. The number of amides is 2. The van der Waals surface area contributed by atoms with Crippen LogP contribution in [0.25, 0.3) is 0 Å². The standard InChI is InChI=1S/C29H34BrN3O5S2/c1-19-9-7-8-12-21(19)17-31-27(35)26-29(2,3)39-18-33(26)28(36)25(34)24(15-20-10-5-4-6-11-20)32-40(37,38)23-14-13-22(30)16-23/h4-14,24-26,32,34H,15-18H2,1-3H3,(H,31,35)/t24?,25?,26-/m1/s1. The highest BCUT2D eigenvalue weighted by atomic mass is 79.9. The Kier molecular flexibility index (Phi) is 9.62. The number of aryl methyl sites for hydroxylation is 1. The van der Waals surface area contributed by atoms with Crippen LogP contribution in [-0.2, 0) is 32.6 Å².